The number of fused-ring (bicyclic) bond motifs is 1. The summed E-state index contributed by atoms with van der Waals surface area (Å²) in [6.07, 6.45) is 10.4. The molecule has 112 valence electrons. The average molecular weight is 292 g/mol. The van der Waals surface area contributed by atoms with E-state index in [-0.39, 0.29) is 5.54 Å². The minimum absolute atomic E-state index is 0.169. The number of hydrogen-bond acceptors (Lipinski definition) is 3. The van der Waals surface area contributed by atoms with Gasteiger partial charge in [-0.25, -0.2) is 4.98 Å². The molecule has 20 heavy (non-hydrogen) atoms. The van der Waals surface area contributed by atoms with Crippen molar-refractivity contribution in [2.24, 2.45) is 5.92 Å². The molecule has 0 unspecified atom stereocenters. The lowest BCUT2D eigenvalue weighted by atomic mass is 9.77. The molecule has 1 N–H and O–H groups in total. The molecule has 0 bridgehead atoms. The molecule has 0 radical (unpaired) electrons. The zero-order chi connectivity index (χ0) is 14.2. The fourth-order valence-corrected chi connectivity index (χ4v) is 5.14. The van der Waals surface area contributed by atoms with E-state index in [1.807, 2.05) is 11.3 Å². The Balaban J connectivity index is 1.90. The fourth-order valence-electron chi connectivity index (χ4n) is 3.78. The van der Waals surface area contributed by atoms with Crippen LogP contribution in [0.15, 0.2) is 0 Å². The minimum Gasteiger partial charge on any atom is -0.303 e. The van der Waals surface area contributed by atoms with Crippen molar-refractivity contribution in [3.63, 3.8) is 0 Å². The first kappa shape index (κ1) is 14.5. The van der Waals surface area contributed by atoms with Gasteiger partial charge in [0, 0.05) is 10.9 Å². The zero-order valence-electron chi connectivity index (χ0n) is 13.2. The fraction of sp³-hybridized carbons (Fsp3) is 0.824. The van der Waals surface area contributed by atoms with Gasteiger partial charge >= 0.3 is 0 Å². The SMILES string of the molecule is CC1CCC(NC(C)C)(c2nc3c(s2)CCCC3)CC1. The molecule has 1 fully saturated rings. The van der Waals surface area contributed by atoms with Crippen molar-refractivity contribution >= 4 is 11.3 Å². The highest BCUT2D eigenvalue weighted by molar-refractivity contribution is 7.11. The van der Waals surface area contributed by atoms with Crippen LogP contribution >= 0.6 is 11.3 Å². The van der Waals surface area contributed by atoms with E-state index in [9.17, 15) is 0 Å². The summed E-state index contributed by atoms with van der Waals surface area (Å²) in [5.74, 6) is 0.881. The van der Waals surface area contributed by atoms with Crippen molar-refractivity contribution in [1.29, 1.82) is 0 Å². The van der Waals surface area contributed by atoms with Gasteiger partial charge in [0.25, 0.3) is 0 Å². The Morgan fingerprint density at radius 1 is 1.20 bits per heavy atom. The number of aryl methyl sites for hydroxylation is 2. The summed E-state index contributed by atoms with van der Waals surface area (Å²) < 4.78 is 0. The summed E-state index contributed by atoms with van der Waals surface area (Å²) in [5.41, 5.74) is 1.59. The van der Waals surface area contributed by atoms with Crippen LogP contribution in [0.5, 0.6) is 0 Å². The summed E-state index contributed by atoms with van der Waals surface area (Å²) in [5, 5.41) is 5.28. The standard InChI is InChI=1S/C17H28N2S/c1-12(2)19-17(10-8-13(3)9-11-17)16-18-14-6-4-5-7-15(14)20-16/h12-13,19H,4-11H2,1-3H3. The normalized spacial score (nSPS) is 30.5. The lowest BCUT2D eigenvalue weighted by molar-refractivity contribution is 0.183. The Bertz CT molecular complexity index is 432. The Morgan fingerprint density at radius 2 is 1.90 bits per heavy atom. The molecule has 0 amide bonds. The molecular weight excluding hydrogens is 264 g/mol. The maximum atomic E-state index is 5.08. The van der Waals surface area contributed by atoms with Crippen LogP contribution in [0.4, 0.5) is 0 Å². The van der Waals surface area contributed by atoms with Gasteiger partial charge < -0.3 is 5.32 Å². The molecule has 1 saturated carbocycles. The largest absolute Gasteiger partial charge is 0.303 e. The van der Waals surface area contributed by atoms with Crippen molar-refractivity contribution in [2.45, 2.75) is 83.7 Å². The highest BCUT2D eigenvalue weighted by Crippen LogP contribution is 2.43. The third-order valence-electron chi connectivity index (χ3n) is 4.95. The van der Waals surface area contributed by atoms with Gasteiger partial charge in [-0.1, -0.05) is 6.92 Å². The lowest BCUT2D eigenvalue weighted by Gasteiger charge is -2.40. The van der Waals surface area contributed by atoms with Crippen molar-refractivity contribution in [2.75, 3.05) is 0 Å². The highest BCUT2D eigenvalue weighted by atomic mass is 32.1. The third kappa shape index (κ3) is 2.80. The maximum Gasteiger partial charge on any atom is 0.113 e. The first-order valence-corrected chi connectivity index (χ1v) is 9.17. The van der Waals surface area contributed by atoms with Crippen LogP contribution in [0.25, 0.3) is 0 Å². The zero-order valence-corrected chi connectivity index (χ0v) is 14.0. The molecule has 1 aromatic rings. The molecule has 2 aliphatic rings. The van der Waals surface area contributed by atoms with Crippen LogP contribution in [-0.2, 0) is 18.4 Å². The van der Waals surface area contributed by atoms with E-state index < -0.39 is 0 Å². The van der Waals surface area contributed by atoms with Crippen molar-refractivity contribution < 1.29 is 0 Å². The van der Waals surface area contributed by atoms with E-state index in [1.54, 1.807) is 4.88 Å². The molecule has 0 aromatic carbocycles. The predicted octanol–water partition coefficient (Wildman–Crippen LogP) is 4.43. The molecule has 0 aliphatic heterocycles. The summed E-state index contributed by atoms with van der Waals surface area (Å²) in [7, 11) is 0. The molecule has 3 heteroatoms. The van der Waals surface area contributed by atoms with E-state index in [4.69, 9.17) is 4.98 Å². The molecular formula is C17H28N2S. The topological polar surface area (TPSA) is 24.9 Å². The lowest BCUT2D eigenvalue weighted by Crippen LogP contribution is -2.48. The summed E-state index contributed by atoms with van der Waals surface area (Å²) in [6, 6.07) is 0.532. The van der Waals surface area contributed by atoms with Gasteiger partial charge in [0.1, 0.15) is 5.01 Å². The van der Waals surface area contributed by atoms with Crippen LogP contribution < -0.4 is 5.32 Å². The number of rotatable bonds is 3. The first-order chi connectivity index (χ1) is 9.59. The van der Waals surface area contributed by atoms with Crippen LogP contribution in [0.3, 0.4) is 0 Å². The van der Waals surface area contributed by atoms with E-state index in [0.29, 0.717) is 6.04 Å². The van der Waals surface area contributed by atoms with Gasteiger partial charge in [-0.05, 0) is 71.1 Å². The Morgan fingerprint density at radius 3 is 2.55 bits per heavy atom. The van der Waals surface area contributed by atoms with Gasteiger partial charge in [-0.15, -0.1) is 11.3 Å². The Labute approximate surface area is 127 Å². The molecule has 0 atom stereocenters. The number of nitrogens with one attached hydrogen (secondary N) is 1. The van der Waals surface area contributed by atoms with Crippen molar-refractivity contribution in [3.05, 3.63) is 15.6 Å². The second-order valence-electron chi connectivity index (χ2n) is 7.16. The van der Waals surface area contributed by atoms with Gasteiger partial charge in [-0.3, -0.25) is 0 Å². The van der Waals surface area contributed by atoms with E-state index in [2.05, 4.69) is 26.1 Å². The van der Waals surface area contributed by atoms with Gasteiger partial charge in [0.15, 0.2) is 0 Å². The van der Waals surface area contributed by atoms with Gasteiger partial charge in [0.05, 0.1) is 11.2 Å². The monoisotopic (exact) mass is 292 g/mol. The van der Waals surface area contributed by atoms with Crippen molar-refractivity contribution in [1.82, 2.24) is 10.3 Å². The second kappa shape index (κ2) is 5.76. The van der Waals surface area contributed by atoms with Crippen LogP contribution in [0, 0.1) is 5.92 Å². The quantitative estimate of drug-likeness (QED) is 0.891. The number of nitrogens with zero attached hydrogens (tertiary/aromatic N) is 1. The van der Waals surface area contributed by atoms with Crippen molar-refractivity contribution in [3.8, 4) is 0 Å². The summed E-state index contributed by atoms with van der Waals surface area (Å²) in [4.78, 5) is 6.66. The van der Waals surface area contributed by atoms with E-state index in [1.165, 1.54) is 62.1 Å². The molecule has 2 aliphatic carbocycles. The van der Waals surface area contributed by atoms with Gasteiger partial charge in [0.2, 0.25) is 0 Å². The first-order valence-electron chi connectivity index (χ1n) is 8.36. The molecule has 0 spiro atoms. The average Bonchev–Trinajstić information content (AvgIpc) is 2.85. The predicted molar refractivity (Wildman–Crippen MR) is 86.3 cm³/mol. The van der Waals surface area contributed by atoms with Crippen LogP contribution in [0.1, 0.15) is 74.9 Å². The van der Waals surface area contributed by atoms with E-state index in [0.717, 1.165) is 5.92 Å². The number of thiazole rings is 1. The van der Waals surface area contributed by atoms with E-state index >= 15 is 0 Å². The number of hydrogen-bond donors (Lipinski definition) is 1. The molecule has 2 nitrogen and oxygen atoms in total. The summed E-state index contributed by atoms with van der Waals surface area (Å²) in [6.45, 7) is 6.94. The second-order valence-corrected chi connectivity index (χ2v) is 8.24. The Hall–Kier alpha value is -0.410. The molecule has 3 rings (SSSR count). The maximum absolute atomic E-state index is 5.08. The Kier molecular flexibility index (Phi) is 4.19. The van der Waals surface area contributed by atoms with Crippen LogP contribution in [0.2, 0.25) is 0 Å². The smallest absolute Gasteiger partial charge is 0.113 e. The molecule has 0 saturated heterocycles. The molecule has 1 aromatic heterocycles. The van der Waals surface area contributed by atoms with Crippen LogP contribution in [-0.4, -0.2) is 11.0 Å². The summed E-state index contributed by atoms with van der Waals surface area (Å²) >= 11 is 2.01. The van der Waals surface area contributed by atoms with Gasteiger partial charge in [-0.2, -0.15) is 0 Å². The molecule has 1 heterocycles. The third-order valence-corrected chi connectivity index (χ3v) is 6.31. The minimum atomic E-state index is 0.169. The highest BCUT2D eigenvalue weighted by Gasteiger charge is 2.39. The number of aromatic nitrogens is 1.